The quantitative estimate of drug-likeness (QED) is 0.902. The van der Waals surface area contributed by atoms with Crippen molar-refractivity contribution in [1.29, 1.82) is 0 Å². The summed E-state index contributed by atoms with van der Waals surface area (Å²) in [7, 11) is 0. The van der Waals surface area contributed by atoms with Crippen LogP contribution < -0.4 is 5.32 Å². The molecule has 2 saturated heterocycles. The Morgan fingerprint density at radius 2 is 1.90 bits per heavy atom. The second kappa shape index (κ2) is 6.15. The fraction of sp³-hybridized carbons (Fsp3) is 0.600. The van der Waals surface area contributed by atoms with E-state index < -0.39 is 0 Å². The number of amides is 2. The van der Waals surface area contributed by atoms with Crippen molar-refractivity contribution in [3.8, 4) is 0 Å². The van der Waals surface area contributed by atoms with Gasteiger partial charge in [0.05, 0.1) is 5.56 Å². The van der Waals surface area contributed by atoms with Crippen molar-refractivity contribution in [2.24, 2.45) is 11.8 Å². The molecule has 2 fully saturated rings. The Balaban J connectivity index is 1.52. The molecule has 2 aliphatic heterocycles. The fourth-order valence-corrected chi connectivity index (χ4v) is 3.48. The number of nitrogens with one attached hydrogen (secondary N) is 1. The smallest absolute Gasteiger partial charge is 0.254 e. The van der Waals surface area contributed by atoms with Crippen molar-refractivity contribution < 1.29 is 9.59 Å². The van der Waals surface area contributed by atoms with Gasteiger partial charge in [-0.25, -0.2) is 0 Å². The predicted molar refractivity (Wildman–Crippen MR) is 82.3 cm³/mol. The summed E-state index contributed by atoms with van der Waals surface area (Å²) in [6.45, 7) is 6.49. The van der Waals surface area contributed by atoms with Gasteiger partial charge in [-0.1, -0.05) is 6.92 Å². The molecule has 0 spiro atoms. The van der Waals surface area contributed by atoms with E-state index in [1.807, 2.05) is 33.6 Å². The first-order chi connectivity index (χ1) is 10.2. The summed E-state index contributed by atoms with van der Waals surface area (Å²) in [5.74, 6) is 0.886. The molecule has 1 N–H and O–H groups in total. The molecule has 1 atom stereocenters. The summed E-state index contributed by atoms with van der Waals surface area (Å²) in [5, 5.41) is 7.01. The van der Waals surface area contributed by atoms with Crippen LogP contribution in [0.15, 0.2) is 16.8 Å². The lowest BCUT2D eigenvalue weighted by molar-refractivity contribution is -0.138. The summed E-state index contributed by atoms with van der Waals surface area (Å²) in [6, 6.07) is 1.86. The Morgan fingerprint density at radius 3 is 2.43 bits per heavy atom. The monoisotopic (exact) mass is 307 g/mol. The molecule has 3 heterocycles. The predicted octanol–water partition coefficient (Wildman–Crippen LogP) is 0.888. The molecular formula is C15H21N3O2S. The molecule has 0 bridgehead atoms. The number of carbonyl (C=O) groups is 2. The fourth-order valence-electron chi connectivity index (χ4n) is 2.85. The van der Waals surface area contributed by atoms with Crippen LogP contribution in [0.1, 0.15) is 17.3 Å². The molecule has 114 valence electrons. The summed E-state index contributed by atoms with van der Waals surface area (Å²) in [4.78, 5) is 28.5. The van der Waals surface area contributed by atoms with E-state index in [9.17, 15) is 9.59 Å². The van der Waals surface area contributed by atoms with Gasteiger partial charge < -0.3 is 15.1 Å². The third-order valence-corrected chi connectivity index (χ3v) is 5.24. The molecule has 1 unspecified atom stereocenters. The van der Waals surface area contributed by atoms with Gasteiger partial charge in [0.1, 0.15) is 0 Å². The first-order valence-electron chi connectivity index (χ1n) is 7.48. The Kier molecular flexibility index (Phi) is 4.26. The first kappa shape index (κ1) is 14.5. The zero-order valence-corrected chi connectivity index (χ0v) is 13.1. The minimum Gasteiger partial charge on any atom is -0.339 e. The Morgan fingerprint density at radius 1 is 1.24 bits per heavy atom. The third kappa shape index (κ3) is 2.96. The molecule has 3 rings (SSSR count). The molecule has 1 aromatic heterocycles. The van der Waals surface area contributed by atoms with Gasteiger partial charge in [-0.3, -0.25) is 9.59 Å². The van der Waals surface area contributed by atoms with Crippen molar-refractivity contribution in [1.82, 2.24) is 15.1 Å². The van der Waals surface area contributed by atoms with E-state index in [-0.39, 0.29) is 17.7 Å². The largest absolute Gasteiger partial charge is 0.339 e. The van der Waals surface area contributed by atoms with Crippen LogP contribution in [0, 0.1) is 11.8 Å². The van der Waals surface area contributed by atoms with Gasteiger partial charge in [-0.15, -0.1) is 0 Å². The first-order valence-corrected chi connectivity index (χ1v) is 8.42. The average molecular weight is 307 g/mol. The van der Waals surface area contributed by atoms with E-state index in [1.165, 1.54) is 11.3 Å². The Hall–Kier alpha value is -1.40. The summed E-state index contributed by atoms with van der Waals surface area (Å²) < 4.78 is 0. The van der Waals surface area contributed by atoms with Gasteiger partial charge >= 0.3 is 0 Å². The van der Waals surface area contributed by atoms with Crippen molar-refractivity contribution >= 4 is 23.2 Å². The normalized spacial score (nSPS) is 21.0. The molecule has 0 saturated carbocycles. The number of carbonyl (C=O) groups excluding carboxylic acids is 2. The van der Waals surface area contributed by atoms with E-state index in [0.29, 0.717) is 32.1 Å². The Labute approximate surface area is 128 Å². The minimum atomic E-state index is 0.0830. The van der Waals surface area contributed by atoms with E-state index in [4.69, 9.17) is 0 Å². The summed E-state index contributed by atoms with van der Waals surface area (Å²) in [6.07, 6.45) is 0. The lowest BCUT2D eigenvalue weighted by Gasteiger charge is -2.39. The highest BCUT2D eigenvalue weighted by Crippen LogP contribution is 2.20. The number of hydrogen-bond acceptors (Lipinski definition) is 4. The molecule has 0 aliphatic carbocycles. The zero-order chi connectivity index (χ0) is 14.8. The molecule has 2 amide bonds. The number of nitrogens with zero attached hydrogens (tertiary/aromatic N) is 2. The second-order valence-electron chi connectivity index (χ2n) is 5.84. The Bertz CT molecular complexity index is 505. The van der Waals surface area contributed by atoms with Gasteiger partial charge in [-0.2, -0.15) is 11.3 Å². The van der Waals surface area contributed by atoms with Gasteiger partial charge in [0.25, 0.3) is 5.91 Å². The lowest BCUT2D eigenvalue weighted by atomic mass is 9.88. The molecule has 21 heavy (non-hydrogen) atoms. The highest BCUT2D eigenvalue weighted by atomic mass is 32.1. The maximum Gasteiger partial charge on any atom is 0.254 e. The van der Waals surface area contributed by atoms with E-state index in [2.05, 4.69) is 5.32 Å². The van der Waals surface area contributed by atoms with Gasteiger partial charge in [-0.05, 0) is 30.5 Å². The van der Waals surface area contributed by atoms with Crippen LogP contribution in [0.4, 0.5) is 0 Å². The average Bonchev–Trinajstić information content (AvgIpc) is 2.98. The number of rotatable bonds is 3. The van der Waals surface area contributed by atoms with Crippen molar-refractivity contribution in [2.75, 3.05) is 39.3 Å². The maximum atomic E-state index is 12.4. The minimum absolute atomic E-state index is 0.0830. The topological polar surface area (TPSA) is 52.7 Å². The van der Waals surface area contributed by atoms with Crippen molar-refractivity contribution in [2.45, 2.75) is 6.92 Å². The van der Waals surface area contributed by atoms with Crippen LogP contribution in [0.25, 0.3) is 0 Å². The van der Waals surface area contributed by atoms with Crippen LogP contribution in [0.2, 0.25) is 0 Å². The van der Waals surface area contributed by atoms with Crippen LogP contribution in [0.3, 0.4) is 0 Å². The number of thiophene rings is 1. The molecule has 2 aliphatic rings. The number of piperazine rings is 1. The van der Waals surface area contributed by atoms with Gasteiger partial charge in [0, 0.05) is 37.5 Å². The van der Waals surface area contributed by atoms with Crippen LogP contribution in [-0.4, -0.2) is 60.9 Å². The third-order valence-electron chi connectivity index (χ3n) is 4.56. The molecule has 5 nitrogen and oxygen atoms in total. The molecule has 0 aromatic carbocycles. The van der Waals surface area contributed by atoms with E-state index >= 15 is 0 Å². The highest BCUT2D eigenvalue weighted by molar-refractivity contribution is 7.08. The van der Waals surface area contributed by atoms with E-state index in [1.54, 1.807) is 0 Å². The summed E-state index contributed by atoms with van der Waals surface area (Å²) in [5.41, 5.74) is 0.758. The molecular weight excluding hydrogens is 286 g/mol. The number of hydrogen-bond donors (Lipinski definition) is 1. The molecule has 0 radical (unpaired) electrons. The second-order valence-corrected chi connectivity index (χ2v) is 6.62. The van der Waals surface area contributed by atoms with Gasteiger partial charge in [0.2, 0.25) is 5.91 Å². The van der Waals surface area contributed by atoms with Gasteiger partial charge in [0.15, 0.2) is 0 Å². The van der Waals surface area contributed by atoms with Crippen LogP contribution in [0.5, 0.6) is 0 Å². The van der Waals surface area contributed by atoms with E-state index in [0.717, 1.165) is 18.7 Å². The van der Waals surface area contributed by atoms with Crippen LogP contribution in [-0.2, 0) is 4.79 Å². The maximum absolute atomic E-state index is 12.4. The lowest BCUT2D eigenvalue weighted by Crippen LogP contribution is -2.55. The SMILES string of the molecule is CC(C(=O)N1CCN(C(=O)c2ccsc2)CC1)C1CNC1. The standard InChI is InChI=1S/C15H21N3O2S/c1-11(13-8-16-9-13)14(19)17-3-5-18(6-4-17)15(20)12-2-7-21-10-12/h2,7,10-11,13,16H,3-6,8-9H2,1H3. The summed E-state index contributed by atoms with van der Waals surface area (Å²) >= 11 is 1.54. The molecule has 1 aromatic rings. The highest BCUT2D eigenvalue weighted by Gasteiger charge is 2.33. The zero-order valence-electron chi connectivity index (χ0n) is 12.2. The van der Waals surface area contributed by atoms with Crippen LogP contribution >= 0.6 is 11.3 Å². The molecule has 6 heteroatoms. The van der Waals surface area contributed by atoms with Crippen molar-refractivity contribution in [3.05, 3.63) is 22.4 Å². The van der Waals surface area contributed by atoms with Crippen molar-refractivity contribution in [3.63, 3.8) is 0 Å².